The molecule has 2 saturated carbocycles. The maximum absolute atomic E-state index is 12.1. The topological polar surface area (TPSA) is 83.8 Å². The smallest absolute Gasteiger partial charge is 0.274 e. The summed E-state index contributed by atoms with van der Waals surface area (Å²) in [6.07, 6.45) is 5.55. The summed E-state index contributed by atoms with van der Waals surface area (Å²) >= 11 is 0. The quantitative estimate of drug-likeness (QED) is 0.741. The Morgan fingerprint density at radius 2 is 2.24 bits per heavy atom. The molecule has 0 saturated heterocycles. The van der Waals surface area contributed by atoms with Gasteiger partial charge in [-0.3, -0.25) is 9.89 Å². The van der Waals surface area contributed by atoms with Gasteiger partial charge in [0.2, 0.25) is 0 Å². The van der Waals surface area contributed by atoms with Crippen molar-refractivity contribution in [2.24, 2.45) is 0 Å². The molecule has 0 atom stereocenters. The van der Waals surface area contributed by atoms with E-state index in [1.165, 1.54) is 6.42 Å². The standard InChI is InChI=1S/C12H18N4O/c1-12(5-2-6-12)14-11(17)10-8(13)9(15-16-10)7-3-4-7/h7H,2-6,13H2,1H3,(H,14,17)(H,15,16). The number of hydrogen-bond acceptors (Lipinski definition) is 3. The van der Waals surface area contributed by atoms with Crippen LogP contribution in [-0.4, -0.2) is 21.6 Å². The van der Waals surface area contributed by atoms with Gasteiger partial charge in [-0.1, -0.05) is 0 Å². The highest BCUT2D eigenvalue weighted by atomic mass is 16.2. The minimum absolute atomic E-state index is 0.0534. The van der Waals surface area contributed by atoms with Crippen LogP contribution in [0, 0.1) is 0 Å². The summed E-state index contributed by atoms with van der Waals surface area (Å²) < 4.78 is 0. The molecule has 2 aliphatic rings. The lowest BCUT2D eigenvalue weighted by molar-refractivity contribution is 0.0846. The van der Waals surface area contributed by atoms with Gasteiger partial charge in [-0.05, 0) is 39.0 Å². The minimum Gasteiger partial charge on any atom is -0.395 e. The first-order valence-corrected chi connectivity index (χ1v) is 6.25. The van der Waals surface area contributed by atoms with Crippen LogP contribution in [0.1, 0.15) is 61.1 Å². The van der Waals surface area contributed by atoms with Crippen LogP contribution < -0.4 is 11.1 Å². The number of nitrogens with zero attached hydrogens (tertiary/aromatic N) is 1. The number of aromatic amines is 1. The number of rotatable bonds is 3. The van der Waals surface area contributed by atoms with Crippen molar-refractivity contribution >= 4 is 11.6 Å². The highest BCUT2D eigenvalue weighted by molar-refractivity contribution is 5.98. The van der Waals surface area contributed by atoms with Gasteiger partial charge in [0.05, 0.1) is 11.4 Å². The van der Waals surface area contributed by atoms with Crippen LogP contribution in [0.15, 0.2) is 0 Å². The Balaban J connectivity index is 1.76. The fourth-order valence-electron chi connectivity index (χ4n) is 2.39. The van der Waals surface area contributed by atoms with E-state index < -0.39 is 0 Å². The molecule has 0 spiro atoms. The van der Waals surface area contributed by atoms with Gasteiger partial charge in [-0.25, -0.2) is 0 Å². The van der Waals surface area contributed by atoms with E-state index in [9.17, 15) is 4.79 Å². The summed E-state index contributed by atoms with van der Waals surface area (Å²) in [5.74, 6) is 0.344. The molecule has 2 aliphatic carbocycles. The summed E-state index contributed by atoms with van der Waals surface area (Å²) in [6, 6.07) is 0. The lowest BCUT2D eigenvalue weighted by Crippen LogP contribution is -2.51. The SMILES string of the molecule is CC1(NC(=O)c2n[nH]c(C3CC3)c2N)CCC1. The molecule has 92 valence electrons. The van der Waals surface area contributed by atoms with Crippen LogP contribution in [0.5, 0.6) is 0 Å². The molecule has 0 aliphatic heterocycles. The van der Waals surface area contributed by atoms with E-state index in [1.54, 1.807) is 0 Å². The van der Waals surface area contributed by atoms with Crippen molar-refractivity contribution in [2.75, 3.05) is 5.73 Å². The van der Waals surface area contributed by atoms with Crippen molar-refractivity contribution in [3.8, 4) is 0 Å². The summed E-state index contributed by atoms with van der Waals surface area (Å²) in [6.45, 7) is 2.07. The Bertz CT molecular complexity index is 457. The van der Waals surface area contributed by atoms with E-state index in [-0.39, 0.29) is 11.4 Å². The van der Waals surface area contributed by atoms with Crippen LogP contribution in [0.3, 0.4) is 0 Å². The summed E-state index contributed by atoms with van der Waals surface area (Å²) in [5.41, 5.74) is 7.75. The zero-order chi connectivity index (χ0) is 12.0. The number of nitrogens with two attached hydrogens (primary N) is 1. The predicted molar refractivity (Wildman–Crippen MR) is 64.7 cm³/mol. The first-order valence-electron chi connectivity index (χ1n) is 6.25. The van der Waals surface area contributed by atoms with Crippen molar-refractivity contribution in [3.05, 3.63) is 11.4 Å². The van der Waals surface area contributed by atoms with Crippen LogP contribution in [0.4, 0.5) is 5.69 Å². The van der Waals surface area contributed by atoms with Crippen molar-refractivity contribution in [3.63, 3.8) is 0 Å². The molecule has 0 bridgehead atoms. The van der Waals surface area contributed by atoms with E-state index in [0.29, 0.717) is 17.3 Å². The average Bonchev–Trinajstić information content (AvgIpc) is 3.00. The molecule has 1 aromatic heterocycles. The van der Waals surface area contributed by atoms with Gasteiger partial charge < -0.3 is 11.1 Å². The summed E-state index contributed by atoms with van der Waals surface area (Å²) in [4.78, 5) is 12.1. The van der Waals surface area contributed by atoms with Crippen molar-refractivity contribution in [2.45, 2.75) is 50.5 Å². The van der Waals surface area contributed by atoms with Crippen LogP contribution in [-0.2, 0) is 0 Å². The van der Waals surface area contributed by atoms with Gasteiger partial charge >= 0.3 is 0 Å². The number of aromatic nitrogens is 2. The molecule has 0 unspecified atom stereocenters. The van der Waals surface area contributed by atoms with Crippen molar-refractivity contribution in [1.82, 2.24) is 15.5 Å². The molecular weight excluding hydrogens is 216 g/mol. The summed E-state index contributed by atoms with van der Waals surface area (Å²) in [7, 11) is 0. The molecule has 2 fully saturated rings. The minimum atomic E-state index is -0.146. The second-order valence-electron chi connectivity index (χ2n) is 5.54. The number of anilines is 1. The maximum atomic E-state index is 12.1. The second-order valence-corrected chi connectivity index (χ2v) is 5.54. The third-order valence-corrected chi connectivity index (χ3v) is 3.91. The van der Waals surface area contributed by atoms with Gasteiger partial charge in [0.25, 0.3) is 5.91 Å². The number of amides is 1. The van der Waals surface area contributed by atoms with E-state index >= 15 is 0 Å². The Hall–Kier alpha value is -1.52. The molecule has 1 amide bonds. The lowest BCUT2D eigenvalue weighted by Gasteiger charge is -2.38. The second kappa shape index (κ2) is 3.48. The predicted octanol–water partition coefficient (Wildman–Crippen LogP) is 1.54. The monoisotopic (exact) mass is 234 g/mol. The first-order chi connectivity index (χ1) is 8.09. The Kier molecular flexibility index (Phi) is 2.18. The number of carbonyl (C=O) groups excluding carboxylic acids is 1. The van der Waals surface area contributed by atoms with Crippen molar-refractivity contribution in [1.29, 1.82) is 0 Å². The van der Waals surface area contributed by atoms with Crippen LogP contribution in [0.2, 0.25) is 0 Å². The van der Waals surface area contributed by atoms with Crippen LogP contribution in [0.25, 0.3) is 0 Å². The third kappa shape index (κ3) is 1.79. The Morgan fingerprint density at radius 1 is 1.53 bits per heavy atom. The van der Waals surface area contributed by atoms with E-state index in [1.807, 2.05) is 0 Å². The molecule has 5 nitrogen and oxygen atoms in total. The molecule has 0 radical (unpaired) electrons. The molecule has 5 heteroatoms. The molecule has 0 aromatic carbocycles. The molecule has 17 heavy (non-hydrogen) atoms. The molecule has 1 aromatic rings. The third-order valence-electron chi connectivity index (χ3n) is 3.91. The maximum Gasteiger partial charge on any atom is 0.274 e. The summed E-state index contributed by atoms with van der Waals surface area (Å²) in [5, 5.41) is 9.98. The number of carbonyl (C=O) groups is 1. The molecule has 3 rings (SSSR count). The largest absolute Gasteiger partial charge is 0.395 e. The normalized spacial score (nSPS) is 21.9. The van der Waals surface area contributed by atoms with E-state index in [2.05, 4.69) is 22.4 Å². The molecule has 1 heterocycles. The zero-order valence-electron chi connectivity index (χ0n) is 10.0. The van der Waals surface area contributed by atoms with Crippen LogP contribution >= 0.6 is 0 Å². The lowest BCUT2D eigenvalue weighted by atomic mass is 9.78. The highest BCUT2D eigenvalue weighted by Crippen LogP contribution is 2.42. The number of H-pyrrole nitrogens is 1. The number of nitrogen functional groups attached to an aromatic ring is 1. The van der Waals surface area contributed by atoms with Gasteiger partial charge in [0.15, 0.2) is 5.69 Å². The van der Waals surface area contributed by atoms with Gasteiger partial charge in [0.1, 0.15) is 0 Å². The Labute approximate surface area is 100 Å². The fraction of sp³-hybridized carbons (Fsp3) is 0.667. The number of hydrogen-bond donors (Lipinski definition) is 3. The molecule has 4 N–H and O–H groups in total. The Morgan fingerprint density at radius 3 is 2.76 bits per heavy atom. The molecular formula is C12H18N4O. The average molecular weight is 234 g/mol. The number of nitrogens with one attached hydrogen (secondary N) is 2. The first kappa shape index (κ1) is 10.6. The van der Waals surface area contributed by atoms with Crippen molar-refractivity contribution < 1.29 is 4.79 Å². The fourth-order valence-corrected chi connectivity index (χ4v) is 2.39. The van der Waals surface area contributed by atoms with E-state index in [0.717, 1.165) is 31.4 Å². The zero-order valence-corrected chi connectivity index (χ0v) is 10.0. The van der Waals surface area contributed by atoms with Gasteiger partial charge in [0, 0.05) is 11.5 Å². The highest BCUT2D eigenvalue weighted by Gasteiger charge is 2.35. The van der Waals surface area contributed by atoms with Gasteiger partial charge in [-0.15, -0.1) is 0 Å². The van der Waals surface area contributed by atoms with Gasteiger partial charge in [-0.2, -0.15) is 5.10 Å². The van der Waals surface area contributed by atoms with E-state index in [4.69, 9.17) is 5.73 Å².